The van der Waals surface area contributed by atoms with E-state index in [1.165, 1.54) is 0 Å². The number of rotatable bonds is 14. The summed E-state index contributed by atoms with van der Waals surface area (Å²) in [5, 5.41) is 7.20. The molecule has 0 saturated heterocycles. The number of aromatic nitrogens is 1. The summed E-state index contributed by atoms with van der Waals surface area (Å²) < 4.78 is 11.0. The number of H-pyrrole nitrogens is 1. The van der Waals surface area contributed by atoms with Crippen LogP contribution in [0.1, 0.15) is 42.4 Å². The minimum Gasteiger partial charge on any atom is -0.465 e. The van der Waals surface area contributed by atoms with Crippen molar-refractivity contribution in [2.45, 2.75) is 44.2 Å². The van der Waals surface area contributed by atoms with Gasteiger partial charge in [0.2, 0.25) is 5.78 Å². The molecule has 1 aromatic heterocycles. The molecule has 10 heteroatoms. The van der Waals surface area contributed by atoms with Gasteiger partial charge in [-0.05, 0) is 53.6 Å². The van der Waals surface area contributed by atoms with Crippen molar-refractivity contribution in [2.24, 2.45) is 0 Å². The number of ether oxygens (including phenoxy) is 2. The smallest absolute Gasteiger partial charge is 0.407 e. The van der Waals surface area contributed by atoms with Crippen LogP contribution in [-0.4, -0.2) is 65.7 Å². The number of hydrogen-bond donors (Lipinski definition) is 3. The molecule has 4 aromatic rings. The van der Waals surface area contributed by atoms with Crippen LogP contribution in [0.25, 0.3) is 27.6 Å². The van der Waals surface area contributed by atoms with Crippen molar-refractivity contribution in [3.8, 4) is 11.1 Å². The lowest BCUT2D eigenvalue weighted by atomic mass is 9.98. The molecule has 1 amide bonds. The summed E-state index contributed by atoms with van der Waals surface area (Å²) in [6, 6.07) is 22.9. The molecule has 0 bridgehead atoms. The number of aromatic amines is 1. The first-order chi connectivity index (χ1) is 21.5. The van der Waals surface area contributed by atoms with Crippen LogP contribution in [0.3, 0.4) is 0 Å². The number of alkyl carbamates (subject to hydrolysis) is 1. The Labute approximate surface area is 255 Å². The van der Waals surface area contributed by atoms with Gasteiger partial charge in [0.15, 0.2) is 0 Å². The van der Waals surface area contributed by atoms with E-state index in [1.54, 1.807) is 6.92 Å². The maximum absolute atomic E-state index is 13.3. The third kappa shape index (κ3) is 7.11. The van der Waals surface area contributed by atoms with Gasteiger partial charge >= 0.3 is 18.3 Å². The third-order valence-electron chi connectivity index (χ3n) is 7.87. The minimum atomic E-state index is -0.805. The number of hydrogen-bond acceptors (Lipinski definition) is 6. The van der Waals surface area contributed by atoms with E-state index in [2.05, 4.69) is 44.7 Å². The zero-order chi connectivity index (χ0) is 30.9. The lowest BCUT2D eigenvalue weighted by molar-refractivity contribution is -0.145. The van der Waals surface area contributed by atoms with E-state index in [0.717, 1.165) is 44.9 Å². The predicted molar refractivity (Wildman–Crippen MR) is 166 cm³/mol. The Balaban J connectivity index is 1.29. The molecule has 0 aliphatic heterocycles. The average molecular weight is 594 g/mol. The van der Waals surface area contributed by atoms with Gasteiger partial charge in [0, 0.05) is 42.0 Å². The first-order valence-electron chi connectivity index (χ1n) is 14.7. The molecule has 1 heterocycles. The predicted octanol–water partition coefficient (Wildman–Crippen LogP) is 4.79. The Morgan fingerprint density at radius 2 is 1.66 bits per heavy atom. The quantitative estimate of drug-likeness (QED) is 0.0830. The number of carbonyl (C=O) groups is 3. The number of para-hydroxylation sites is 1. The Morgan fingerprint density at radius 1 is 0.977 bits per heavy atom. The first kappa shape index (κ1) is 30.4. The zero-order valence-corrected chi connectivity index (χ0v) is 24.5. The molecule has 3 aromatic carbocycles. The second-order valence-corrected chi connectivity index (χ2v) is 10.7. The summed E-state index contributed by atoms with van der Waals surface area (Å²) >= 11 is 0. The fraction of sp³-hybridized carbons (Fsp3) is 0.294. The standard InChI is InChI=1S/C34H35N5O5/c1-2-43-33(41)32(16-15-24(40)20-38-35)37-19-23(17-22-18-36-31-14-8-7-9-25(22)31)39-34(42)44-21-30-28-12-5-3-10-26(28)27-11-4-6-13-29(27)30/h3-14,18,20,23,30,32,36-37H,2,15-17,19,21H2,1H3,(H,39,42). The monoisotopic (exact) mass is 593 g/mol. The van der Waals surface area contributed by atoms with Crippen LogP contribution in [0.15, 0.2) is 79.0 Å². The van der Waals surface area contributed by atoms with E-state index < -0.39 is 29.9 Å². The third-order valence-corrected chi connectivity index (χ3v) is 7.87. The summed E-state index contributed by atoms with van der Waals surface area (Å²) in [5.74, 6) is -1.00. The SMILES string of the molecule is CCOC(=O)C(CCC(=O)C=[N+]=[N-])NCC(Cc1c[nH]c2ccccc12)NC(=O)OCC1c2ccccc2-c2ccccc21. The van der Waals surface area contributed by atoms with Crippen LogP contribution >= 0.6 is 0 Å². The fourth-order valence-corrected chi connectivity index (χ4v) is 5.79. The molecule has 2 unspecified atom stereocenters. The highest BCUT2D eigenvalue weighted by Crippen LogP contribution is 2.44. The number of ketones is 1. The van der Waals surface area contributed by atoms with Gasteiger partial charge in [-0.1, -0.05) is 66.7 Å². The molecule has 0 spiro atoms. The average Bonchev–Trinajstić information content (AvgIpc) is 3.59. The van der Waals surface area contributed by atoms with Crippen molar-refractivity contribution >= 4 is 35.0 Å². The van der Waals surface area contributed by atoms with E-state index in [9.17, 15) is 14.4 Å². The van der Waals surface area contributed by atoms with Crippen molar-refractivity contribution in [2.75, 3.05) is 19.8 Å². The maximum atomic E-state index is 13.3. The fourth-order valence-electron chi connectivity index (χ4n) is 5.79. The number of amides is 1. The summed E-state index contributed by atoms with van der Waals surface area (Å²) in [6.45, 7) is 2.26. The van der Waals surface area contributed by atoms with Gasteiger partial charge in [0.05, 0.1) is 6.61 Å². The van der Waals surface area contributed by atoms with E-state index in [-0.39, 0.29) is 38.5 Å². The van der Waals surface area contributed by atoms with Gasteiger partial charge in [-0.25, -0.2) is 4.79 Å². The highest BCUT2D eigenvalue weighted by Gasteiger charge is 2.30. The Morgan fingerprint density at radius 3 is 2.36 bits per heavy atom. The summed E-state index contributed by atoms with van der Waals surface area (Å²) in [4.78, 5) is 43.9. The van der Waals surface area contributed by atoms with E-state index >= 15 is 0 Å². The van der Waals surface area contributed by atoms with Crippen LogP contribution in [0.5, 0.6) is 0 Å². The molecule has 3 N–H and O–H groups in total. The van der Waals surface area contributed by atoms with Crippen LogP contribution < -0.4 is 10.6 Å². The Hall–Kier alpha value is -5.05. The number of esters is 1. The molecule has 44 heavy (non-hydrogen) atoms. The maximum Gasteiger partial charge on any atom is 0.407 e. The Kier molecular flexibility index (Phi) is 9.96. The summed E-state index contributed by atoms with van der Waals surface area (Å²) in [7, 11) is 0. The molecular formula is C34H35N5O5. The Bertz CT molecular complexity index is 1650. The van der Waals surface area contributed by atoms with E-state index in [1.807, 2.05) is 54.7 Å². The van der Waals surface area contributed by atoms with Crippen molar-refractivity contribution < 1.29 is 28.6 Å². The van der Waals surface area contributed by atoms with E-state index in [4.69, 9.17) is 15.0 Å². The van der Waals surface area contributed by atoms with Crippen LogP contribution in [0.4, 0.5) is 4.79 Å². The minimum absolute atomic E-state index is 0.0204. The molecule has 1 aliphatic carbocycles. The van der Waals surface area contributed by atoms with Crippen molar-refractivity contribution in [1.82, 2.24) is 15.6 Å². The molecule has 5 rings (SSSR count). The van der Waals surface area contributed by atoms with Crippen molar-refractivity contribution in [3.05, 3.63) is 101 Å². The number of nitrogens with one attached hydrogen (secondary N) is 3. The van der Waals surface area contributed by atoms with Gasteiger partial charge in [-0.2, -0.15) is 4.79 Å². The molecule has 0 fully saturated rings. The van der Waals surface area contributed by atoms with E-state index in [0.29, 0.717) is 6.42 Å². The largest absolute Gasteiger partial charge is 0.465 e. The van der Waals surface area contributed by atoms with Crippen LogP contribution in [-0.2, 0) is 25.5 Å². The molecule has 0 saturated carbocycles. The normalized spacial score (nSPS) is 13.3. The van der Waals surface area contributed by atoms with Gasteiger partial charge in [0.1, 0.15) is 12.6 Å². The molecule has 0 radical (unpaired) electrons. The molecule has 2 atom stereocenters. The van der Waals surface area contributed by atoms with Gasteiger partial charge in [-0.15, -0.1) is 0 Å². The first-order valence-corrected chi connectivity index (χ1v) is 14.7. The lowest BCUT2D eigenvalue weighted by Gasteiger charge is -2.23. The van der Waals surface area contributed by atoms with Crippen molar-refractivity contribution in [3.63, 3.8) is 0 Å². The molecule has 1 aliphatic rings. The highest BCUT2D eigenvalue weighted by molar-refractivity contribution is 6.25. The number of benzene rings is 3. The van der Waals surface area contributed by atoms with Gasteiger partial charge < -0.3 is 30.6 Å². The van der Waals surface area contributed by atoms with Gasteiger partial charge in [0.25, 0.3) is 0 Å². The number of Topliss-reactive ketones (excluding diaryl/α,β-unsaturated/α-hetero) is 1. The molecule has 10 nitrogen and oxygen atoms in total. The van der Waals surface area contributed by atoms with Gasteiger partial charge in [-0.3, -0.25) is 9.59 Å². The zero-order valence-electron chi connectivity index (χ0n) is 24.5. The second kappa shape index (κ2) is 14.4. The topological polar surface area (TPSA) is 146 Å². The van der Waals surface area contributed by atoms with Crippen molar-refractivity contribution in [1.29, 1.82) is 0 Å². The number of fused-ring (bicyclic) bond motifs is 4. The summed E-state index contributed by atoms with van der Waals surface area (Å²) in [5.41, 5.74) is 15.2. The van der Waals surface area contributed by atoms with Crippen LogP contribution in [0.2, 0.25) is 0 Å². The second-order valence-electron chi connectivity index (χ2n) is 10.7. The van der Waals surface area contributed by atoms with Crippen LogP contribution in [0, 0.1) is 0 Å². The highest BCUT2D eigenvalue weighted by atomic mass is 16.5. The molecule has 226 valence electrons. The number of nitrogens with zero attached hydrogens (tertiary/aromatic N) is 2. The molecular weight excluding hydrogens is 558 g/mol. The summed E-state index contributed by atoms with van der Waals surface area (Å²) in [6.07, 6.45) is 2.71. The number of carbonyl (C=O) groups excluding carboxylic acids is 3. The lowest BCUT2D eigenvalue weighted by Crippen LogP contribution is -2.49.